The van der Waals surface area contributed by atoms with Crippen LogP contribution in [-0.4, -0.2) is 36.5 Å². The lowest BCUT2D eigenvalue weighted by atomic mass is 9.69. The highest BCUT2D eigenvalue weighted by molar-refractivity contribution is 9.09. The second-order valence-corrected chi connectivity index (χ2v) is 37.5. The van der Waals surface area contributed by atoms with E-state index in [-0.39, 0.29) is 105 Å². The van der Waals surface area contributed by atoms with Crippen LogP contribution < -0.4 is 0 Å². The molecule has 0 heterocycles. The first-order valence-electron chi connectivity index (χ1n) is 39.2. The van der Waals surface area contributed by atoms with Gasteiger partial charge >= 0.3 is 0 Å². The molecule has 0 saturated heterocycles. The molecular formula is C91H187BrF2O2S3. The molecule has 11 aliphatic carbocycles. The molecule has 0 aliphatic heterocycles. The minimum atomic E-state index is -2.40. The van der Waals surface area contributed by atoms with Crippen molar-refractivity contribution in [2.45, 2.75) is 455 Å². The average Bonchev–Trinajstić information content (AvgIpc) is 0.807. The van der Waals surface area contributed by atoms with E-state index in [0.717, 1.165) is 168 Å². The molecule has 602 valence electrons. The third-order valence-corrected chi connectivity index (χ3v) is 29.1. The van der Waals surface area contributed by atoms with Crippen LogP contribution in [0.3, 0.4) is 0 Å². The number of thiol groups is 1. The van der Waals surface area contributed by atoms with Gasteiger partial charge in [0.2, 0.25) is 0 Å². The van der Waals surface area contributed by atoms with E-state index in [2.05, 4.69) is 77.0 Å². The molecule has 0 aromatic rings. The molecule has 0 amide bonds. The third kappa shape index (κ3) is 40.7. The molecule has 11 saturated carbocycles. The fraction of sp³-hybridized carbons (Fsp3) is 0.978. The van der Waals surface area contributed by atoms with Crippen LogP contribution in [0.2, 0.25) is 0 Å². The second-order valence-electron chi connectivity index (χ2n) is 34.5. The van der Waals surface area contributed by atoms with Crippen LogP contribution in [0.4, 0.5) is 8.78 Å². The second kappa shape index (κ2) is 58.8. The van der Waals surface area contributed by atoms with E-state index < -0.39 is 5.92 Å². The fourth-order valence-corrected chi connectivity index (χ4v) is 21.2. The zero-order valence-electron chi connectivity index (χ0n) is 58.5. The predicted octanol–water partition coefficient (Wildman–Crippen LogP) is 32.8. The van der Waals surface area contributed by atoms with Crippen LogP contribution in [-0.2, 0) is 0 Å². The maximum absolute atomic E-state index is 15.0. The molecule has 3 N–H and O–H groups in total. The van der Waals surface area contributed by atoms with E-state index in [0.29, 0.717) is 11.8 Å². The predicted molar refractivity (Wildman–Crippen MR) is 467 cm³/mol. The molecule has 11 fully saturated rings. The quantitative estimate of drug-likeness (QED) is 0.110. The van der Waals surface area contributed by atoms with E-state index in [1.54, 1.807) is 6.42 Å². The molecular weight excluding hydrogens is 1340 g/mol. The van der Waals surface area contributed by atoms with Crippen LogP contribution >= 0.6 is 53.0 Å². The van der Waals surface area contributed by atoms with Crippen LogP contribution in [0, 0.1) is 118 Å². The number of alkyl halides is 3. The Morgan fingerprint density at radius 1 is 0.303 bits per heavy atom. The van der Waals surface area contributed by atoms with Gasteiger partial charge in [-0.1, -0.05) is 299 Å². The summed E-state index contributed by atoms with van der Waals surface area (Å²) in [5.74, 6) is 13.5. The van der Waals surface area contributed by atoms with Gasteiger partial charge in [-0.3, -0.25) is 0 Å². The fourth-order valence-electron chi connectivity index (χ4n) is 19.7. The monoisotopic (exact) mass is 1530 g/mol. The Morgan fingerprint density at radius 3 is 0.717 bits per heavy atom. The first-order chi connectivity index (χ1) is 41.7. The SMILES string of the molecule is C.C.C.C.C.C.C.C.C.C.C.CC1CCC(CC2CCC(Br)CC2)CC1.CC1CCC(CC2CCC(C(=S)C3CCC(C)CC3)CC2)CC1.CC1CCC(CC2CCC(C(=S)S)CC2)CC1.CC1CCC(CC2CCC(C(F)(F)C3CCC(C)CC3)CC2)CC1.CC1CCC(O)CC1.O. The molecule has 0 bridgehead atoms. The van der Waals surface area contributed by atoms with Gasteiger partial charge in [-0.05, 0) is 291 Å². The molecule has 11 aliphatic rings. The lowest BCUT2D eigenvalue weighted by Crippen LogP contribution is -2.40. The van der Waals surface area contributed by atoms with Gasteiger partial charge in [0, 0.05) is 20.9 Å². The highest BCUT2D eigenvalue weighted by Crippen LogP contribution is 2.50. The Bertz CT molecular complexity index is 1790. The lowest BCUT2D eigenvalue weighted by Gasteiger charge is -2.41. The van der Waals surface area contributed by atoms with Crippen molar-refractivity contribution in [2.75, 3.05) is 0 Å². The molecule has 99 heavy (non-hydrogen) atoms. The maximum Gasteiger partial charge on any atom is 0.253 e. The summed E-state index contributed by atoms with van der Waals surface area (Å²) in [6.07, 6.45) is 63.8. The Hall–Kier alpha value is 0.790. The number of hydrogen-bond acceptors (Lipinski definition) is 3. The third-order valence-electron chi connectivity index (χ3n) is 26.8. The van der Waals surface area contributed by atoms with Gasteiger partial charge in [-0.2, -0.15) is 0 Å². The van der Waals surface area contributed by atoms with Crippen molar-refractivity contribution in [3.05, 3.63) is 0 Å². The summed E-state index contributed by atoms with van der Waals surface area (Å²) in [4.78, 5) is 2.32. The molecule has 0 radical (unpaired) electrons. The number of thiocarbonyl (C=S) groups is 2. The van der Waals surface area contributed by atoms with Crippen molar-refractivity contribution in [3.63, 3.8) is 0 Å². The Morgan fingerprint density at radius 2 is 0.475 bits per heavy atom. The number of aliphatic hydroxyl groups is 1. The molecule has 2 nitrogen and oxygen atoms in total. The van der Waals surface area contributed by atoms with Gasteiger partial charge in [0.05, 0.1) is 6.10 Å². The van der Waals surface area contributed by atoms with E-state index in [1.807, 2.05) is 0 Å². The topological polar surface area (TPSA) is 51.7 Å². The standard InChI is InChI=1S/C22H38F2.C22H38S.C15H26S2.C14H25Br.C7H14O.11CH4.H2O/c1-16-3-7-18(8-4-16)15-19-9-13-21(14-10-19)22(23,24)20-11-5-17(2)6-12-20;1-16-3-7-18(8-4-16)15-19-9-13-21(14-10-19)22(23)20-11-5-17(2)6-12-20;1-11-2-4-12(5-3-11)10-13-6-8-14(9-7-13)15(16)17;1-11-2-4-12(5-3-11)10-13-6-8-14(15)9-7-13;1-6-2-4-7(8)5-3-6;;;;;;;;;;;;/h16-21H,3-15H2,1-2H3;16-21H,3-15H2,1-2H3;11-14H,2-10H2,1H3,(H,16,17);11-14H,2-10H2,1H3;6-8H,2-5H2,1H3;11*1H4;1H2. The van der Waals surface area contributed by atoms with Crippen molar-refractivity contribution >= 4 is 62.1 Å². The maximum atomic E-state index is 15.0. The number of aliphatic hydroxyl groups excluding tert-OH is 1. The number of rotatable bonds is 13. The minimum absolute atomic E-state index is 0. The zero-order valence-corrected chi connectivity index (χ0v) is 62.6. The highest BCUT2D eigenvalue weighted by Gasteiger charge is 2.48. The van der Waals surface area contributed by atoms with Crippen LogP contribution in [0.1, 0.15) is 438 Å². The van der Waals surface area contributed by atoms with E-state index in [4.69, 9.17) is 29.5 Å². The summed E-state index contributed by atoms with van der Waals surface area (Å²) >= 11 is 19.2. The summed E-state index contributed by atoms with van der Waals surface area (Å²) in [7, 11) is 0. The summed E-state index contributed by atoms with van der Waals surface area (Å²) in [5, 5.41) is 9.03. The van der Waals surface area contributed by atoms with Crippen molar-refractivity contribution < 1.29 is 19.4 Å². The average molecular weight is 1530 g/mol. The van der Waals surface area contributed by atoms with Crippen molar-refractivity contribution in [3.8, 4) is 0 Å². The van der Waals surface area contributed by atoms with Gasteiger partial charge in [0.1, 0.15) is 0 Å². The summed E-state index contributed by atoms with van der Waals surface area (Å²) in [5.41, 5.74) is 0. The number of halogens is 3. The normalized spacial score (nSPS) is 36.4. The van der Waals surface area contributed by atoms with Crippen LogP contribution in [0.25, 0.3) is 0 Å². The van der Waals surface area contributed by atoms with E-state index in [9.17, 15) is 8.78 Å². The van der Waals surface area contributed by atoms with E-state index >= 15 is 0 Å². The summed E-state index contributed by atoms with van der Waals surface area (Å²) in [6, 6.07) is 0. The Balaban J connectivity index is -0.000000273. The molecule has 0 atom stereocenters. The lowest BCUT2D eigenvalue weighted by molar-refractivity contribution is -0.133. The van der Waals surface area contributed by atoms with Gasteiger partial charge in [0.25, 0.3) is 5.92 Å². The van der Waals surface area contributed by atoms with Crippen molar-refractivity contribution in [2.24, 2.45) is 118 Å². The summed E-state index contributed by atoms with van der Waals surface area (Å²) < 4.78 is 30.9. The first kappa shape index (κ1) is 111. The molecule has 0 aromatic carbocycles. The molecule has 0 aromatic heterocycles. The summed E-state index contributed by atoms with van der Waals surface area (Å²) in [6.45, 7) is 16.5. The van der Waals surface area contributed by atoms with Gasteiger partial charge < -0.3 is 10.6 Å². The molecule has 8 heteroatoms. The van der Waals surface area contributed by atoms with Crippen molar-refractivity contribution in [1.29, 1.82) is 0 Å². The molecule has 11 rings (SSSR count). The largest absolute Gasteiger partial charge is 0.412 e. The van der Waals surface area contributed by atoms with Crippen LogP contribution in [0.15, 0.2) is 0 Å². The zero-order chi connectivity index (χ0) is 62.3. The van der Waals surface area contributed by atoms with E-state index in [1.165, 1.54) is 242 Å². The van der Waals surface area contributed by atoms with Gasteiger partial charge in [-0.25, -0.2) is 8.78 Å². The Kier molecular flexibility index (Phi) is 65.7. The first-order valence-corrected chi connectivity index (χ1v) is 41.4. The molecule has 0 spiro atoms. The number of hydrogen-bond donors (Lipinski definition) is 2. The molecule has 0 unspecified atom stereocenters. The van der Waals surface area contributed by atoms with Crippen LogP contribution in [0.5, 0.6) is 0 Å². The van der Waals surface area contributed by atoms with Gasteiger partial charge in [0.15, 0.2) is 0 Å². The minimum Gasteiger partial charge on any atom is -0.412 e. The van der Waals surface area contributed by atoms with Crippen molar-refractivity contribution in [1.82, 2.24) is 0 Å². The smallest absolute Gasteiger partial charge is 0.253 e. The Labute approximate surface area is 650 Å². The highest BCUT2D eigenvalue weighted by atomic mass is 79.9. The van der Waals surface area contributed by atoms with Gasteiger partial charge in [-0.15, -0.1) is 12.6 Å².